The molecule has 0 aromatic carbocycles. The highest BCUT2D eigenvalue weighted by atomic mass is 15.2. The van der Waals surface area contributed by atoms with Gasteiger partial charge in [0.15, 0.2) is 17.0 Å². The van der Waals surface area contributed by atoms with Crippen molar-refractivity contribution in [2.24, 2.45) is 0 Å². The number of likely N-dealkylation sites (N-methyl/N-ethyl adjacent to an activating group) is 2. The second-order valence-electron chi connectivity index (χ2n) is 8.78. The minimum atomic E-state index is 0.289. The highest BCUT2D eigenvalue weighted by molar-refractivity contribution is 5.84. The number of aromatic nitrogens is 4. The molecule has 8 heteroatoms. The van der Waals surface area contributed by atoms with Crippen LogP contribution in [0.25, 0.3) is 11.2 Å². The molecule has 0 spiro atoms. The molecular weight excluding hydrogens is 400 g/mol. The Balaban J connectivity index is 2.39. The van der Waals surface area contributed by atoms with Gasteiger partial charge in [-0.2, -0.15) is 9.97 Å². The molecule has 0 unspecified atom stereocenters. The summed E-state index contributed by atoms with van der Waals surface area (Å²) in [6, 6.07) is 0. The third kappa shape index (κ3) is 6.97. The summed E-state index contributed by atoms with van der Waals surface area (Å²) >= 11 is 0. The average Bonchev–Trinajstić information content (AvgIpc) is 2.78. The molecule has 0 saturated heterocycles. The van der Waals surface area contributed by atoms with Crippen LogP contribution in [0.15, 0.2) is 0 Å². The van der Waals surface area contributed by atoms with Crippen LogP contribution < -0.4 is 10.6 Å². The fraction of sp³-hybridized carbons (Fsp3) is 0.750. The standard InChI is InChI=1S/C24H44N8/c1-9-31(10-2)15-13-25-22-21-23(28-20(18(7)8)19(27-21)17(5)6)30-24(29-22)26-14-16-32(11-3)12-4/h17-18H,9-16H2,1-8H3,(H2,25,26,28,29,30). The number of fused-ring (bicyclic) bond motifs is 1. The Kier molecular flexibility index (Phi) is 10.5. The largest absolute Gasteiger partial charge is 0.367 e. The topological polar surface area (TPSA) is 82.1 Å². The van der Waals surface area contributed by atoms with Gasteiger partial charge in [0.25, 0.3) is 0 Å². The van der Waals surface area contributed by atoms with Crippen molar-refractivity contribution in [2.45, 2.75) is 67.2 Å². The molecule has 0 atom stereocenters. The van der Waals surface area contributed by atoms with Gasteiger partial charge in [-0.3, -0.25) is 0 Å². The zero-order chi connectivity index (χ0) is 23.7. The molecule has 32 heavy (non-hydrogen) atoms. The van der Waals surface area contributed by atoms with Crippen LogP contribution in [0.3, 0.4) is 0 Å². The Morgan fingerprint density at radius 3 is 1.66 bits per heavy atom. The van der Waals surface area contributed by atoms with E-state index in [-0.39, 0.29) is 5.92 Å². The molecule has 0 aliphatic heterocycles. The predicted molar refractivity (Wildman–Crippen MR) is 136 cm³/mol. The molecule has 0 bridgehead atoms. The summed E-state index contributed by atoms with van der Waals surface area (Å²) in [6.45, 7) is 25.1. The summed E-state index contributed by atoms with van der Waals surface area (Å²) in [5.74, 6) is 1.95. The maximum absolute atomic E-state index is 5.01. The van der Waals surface area contributed by atoms with Crippen LogP contribution in [-0.2, 0) is 0 Å². The summed E-state index contributed by atoms with van der Waals surface area (Å²) in [5, 5.41) is 6.92. The van der Waals surface area contributed by atoms with Crippen molar-refractivity contribution in [1.82, 2.24) is 29.7 Å². The molecule has 2 rings (SSSR count). The first-order chi connectivity index (χ1) is 15.3. The van der Waals surface area contributed by atoms with Gasteiger partial charge in [0.2, 0.25) is 5.95 Å². The lowest BCUT2D eigenvalue weighted by Crippen LogP contribution is -2.29. The Labute approximate surface area is 194 Å². The molecule has 2 aromatic rings. The quantitative estimate of drug-likeness (QED) is 0.449. The van der Waals surface area contributed by atoms with E-state index in [0.717, 1.165) is 75.1 Å². The number of nitrogens with zero attached hydrogens (tertiary/aromatic N) is 6. The zero-order valence-electron chi connectivity index (χ0n) is 21.5. The van der Waals surface area contributed by atoms with Crippen molar-refractivity contribution in [3.05, 3.63) is 11.4 Å². The molecule has 0 radical (unpaired) electrons. The average molecular weight is 445 g/mol. The summed E-state index contributed by atoms with van der Waals surface area (Å²) in [6.07, 6.45) is 0. The Hall–Kier alpha value is -2.06. The van der Waals surface area contributed by atoms with Crippen molar-refractivity contribution >= 4 is 22.9 Å². The van der Waals surface area contributed by atoms with Gasteiger partial charge in [0.05, 0.1) is 11.4 Å². The van der Waals surface area contributed by atoms with E-state index in [1.165, 1.54) is 0 Å². The van der Waals surface area contributed by atoms with Crippen molar-refractivity contribution < 1.29 is 0 Å². The van der Waals surface area contributed by atoms with Crippen molar-refractivity contribution in [1.29, 1.82) is 0 Å². The minimum Gasteiger partial charge on any atom is -0.367 e. The van der Waals surface area contributed by atoms with E-state index in [4.69, 9.17) is 19.9 Å². The van der Waals surface area contributed by atoms with Crippen LogP contribution in [0.2, 0.25) is 0 Å². The highest BCUT2D eigenvalue weighted by Gasteiger charge is 2.19. The molecule has 2 aromatic heterocycles. The summed E-state index contributed by atoms with van der Waals surface area (Å²) in [5.41, 5.74) is 3.47. The number of anilines is 2. The second kappa shape index (κ2) is 12.8. The van der Waals surface area contributed by atoms with Gasteiger partial charge in [0.1, 0.15) is 0 Å². The fourth-order valence-electron chi connectivity index (χ4n) is 3.76. The third-order valence-corrected chi connectivity index (χ3v) is 5.90. The first-order valence-electron chi connectivity index (χ1n) is 12.4. The van der Waals surface area contributed by atoms with Gasteiger partial charge in [-0.25, -0.2) is 9.97 Å². The second-order valence-corrected chi connectivity index (χ2v) is 8.78. The molecule has 0 amide bonds. The fourth-order valence-corrected chi connectivity index (χ4v) is 3.76. The van der Waals surface area contributed by atoms with Crippen LogP contribution in [0.1, 0.15) is 78.6 Å². The van der Waals surface area contributed by atoms with E-state index in [0.29, 0.717) is 17.5 Å². The number of hydrogen-bond donors (Lipinski definition) is 2. The third-order valence-electron chi connectivity index (χ3n) is 5.90. The first-order valence-corrected chi connectivity index (χ1v) is 12.4. The number of rotatable bonds is 14. The smallest absolute Gasteiger partial charge is 0.226 e. The lowest BCUT2D eigenvalue weighted by molar-refractivity contribution is 0.315. The van der Waals surface area contributed by atoms with E-state index >= 15 is 0 Å². The maximum Gasteiger partial charge on any atom is 0.226 e. The summed E-state index contributed by atoms with van der Waals surface area (Å²) in [4.78, 5) is 24.3. The van der Waals surface area contributed by atoms with Gasteiger partial charge in [-0.15, -0.1) is 0 Å². The van der Waals surface area contributed by atoms with Gasteiger partial charge >= 0.3 is 0 Å². The summed E-state index contributed by atoms with van der Waals surface area (Å²) < 4.78 is 0. The van der Waals surface area contributed by atoms with Crippen LogP contribution in [0.5, 0.6) is 0 Å². The van der Waals surface area contributed by atoms with Crippen LogP contribution in [0, 0.1) is 0 Å². The van der Waals surface area contributed by atoms with E-state index < -0.39 is 0 Å². The van der Waals surface area contributed by atoms with Gasteiger partial charge in [-0.1, -0.05) is 55.4 Å². The predicted octanol–water partition coefficient (Wildman–Crippen LogP) is 4.17. The Morgan fingerprint density at radius 2 is 1.16 bits per heavy atom. The molecule has 180 valence electrons. The van der Waals surface area contributed by atoms with Crippen molar-refractivity contribution in [2.75, 3.05) is 63.0 Å². The molecule has 8 nitrogen and oxygen atoms in total. The number of hydrogen-bond acceptors (Lipinski definition) is 8. The highest BCUT2D eigenvalue weighted by Crippen LogP contribution is 2.27. The van der Waals surface area contributed by atoms with Crippen molar-refractivity contribution in [3.8, 4) is 0 Å². The monoisotopic (exact) mass is 444 g/mol. The van der Waals surface area contributed by atoms with E-state index in [9.17, 15) is 0 Å². The Bertz CT molecular complexity index is 828. The van der Waals surface area contributed by atoms with Crippen LogP contribution >= 0.6 is 0 Å². The first kappa shape index (κ1) is 26.2. The van der Waals surface area contributed by atoms with E-state index in [2.05, 4.69) is 75.8 Å². The number of nitrogens with one attached hydrogen (secondary N) is 2. The molecular formula is C24H44N8. The van der Waals surface area contributed by atoms with E-state index in [1.807, 2.05) is 0 Å². The van der Waals surface area contributed by atoms with Crippen LogP contribution in [0.4, 0.5) is 11.8 Å². The normalized spacial score (nSPS) is 12.0. The zero-order valence-corrected chi connectivity index (χ0v) is 21.5. The minimum absolute atomic E-state index is 0.289. The Morgan fingerprint density at radius 1 is 0.656 bits per heavy atom. The molecule has 0 fully saturated rings. The molecule has 0 aliphatic carbocycles. The van der Waals surface area contributed by atoms with Gasteiger partial charge in [0, 0.05) is 26.2 Å². The molecule has 0 aliphatic rings. The lowest BCUT2D eigenvalue weighted by Gasteiger charge is -2.20. The van der Waals surface area contributed by atoms with Crippen molar-refractivity contribution in [3.63, 3.8) is 0 Å². The van der Waals surface area contributed by atoms with Gasteiger partial charge in [-0.05, 0) is 38.0 Å². The van der Waals surface area contributed by atoms with E-state index in [1.54, 1.807) is 0 Å². The molecule has 2 N–H and O–H groups in total. The SMILES string of the molecule is CCN(CC)CCNc1nc(NCCN(CC)CC)c2nc(C(C)C)c(C(C)C)nc2n1. The summed E-state index contributed by atoms with van der Waals surface area (Å²) in [7, 11) is 0. The van der Waals surface area contributed by atoms with Crippen LogP contribution in [-0.4, -0.2) is 82.1 Å². The van der Waals surface area contributed by atoms with Gasteiger partial charge < -0.3 is 20.4 Å². The molecule has 0 saturated carbocycles. The lowest BCUT2D eigenvalue weighted by atomic mass is 10.0. The maximum atomic E-state index is 5.01. The molecule has 2 heterocycles.